The Hall–Kier alpha value is -3.71. The van der Waals surface area contributed by atoms with Crippen LogP contribution in [0.25, 0.3) is 28.7 Å². The Kier molecular flexibility index (Phi) is 5.45. The topological polar surface area (TPSA) is 90.0 Å². The van der Waals surface area contributed by atoms with Crippen LogP contribution in [0.4, 0.5) is 0 Å². The van der Waals surface area contributed by atoms with Gasteiger partial charge in [-0.15, -0.1) is 0 Å². The minimum absolute atomic E-state index is 0.0374. The van der Waals surface area contributed by atoms with Crippen molar-refractivity contribution < 1.29 is 9.90 Å². The first kappa shape index (κ1) is 19.6. The molecule has 0 aliphatic heterocycles. The highest BCUT2D eigenvalue weighted by Gasteiger charge is 2.10. The van der Waals surface area contributed by atoms with Crippen LogP contribution >= 0.6 is 11.6 Å². The molecule has 8 heteroatoms. The lowest BCUT2D eigenvalue weighted by Gasteiger charge is -2.10. The van der Waals surface area contributed by atoms with E-state index >= 15 is 0 Å². The fraction of sp³-hybridized carbons (Fsp3) is 0.0909. The van der Waals surface area contributed by atoms with Crippen LogP contribution in [-0.4, -0.2) is 30.4 Å². The van der Waals surface area contributed by atoms with Gasteiger partial charge in [0.25, 0.3) is 5.56 Å². The molecule has 150 valence electrons. The lowest BCUT2D eigenvalue weighted by Crippen LogP contribution is -2.25. The minimum Gasteiger partial charge on any atom is -0.481 e. The van der Waals surface area contributed by atoms with E-state index in [-0.39, 0.29) is 18.5 Å². The second kappa shape index (κ2) is 8.34. The third kappa shape index (κ3) is 4.16. The molecule has 2 aromatic carbocycles. The van der Waals surface area contributed by atoms with Crippen LogP contribution in [0, 0.1) is 0 Å². The summed E-state index contributed by atoms with van der Waals surface area (Å²) in [6.07, 6.45) is 6.83. The molecule has 0 unspecified atom stereocenters. The average Bonchev–Trinajstić information content (AvgIpc) is 3.21. The molecule has 0 amide bonds. The molecule has 1 N–H and O–H groups in total. The number of rotatable bonds is 6. The van der Waals surface area contributed by atoms with Gasteiger partial charge in [0.15, 0.2) is 0 Å². The molecule has 0 radical (unpaired) electrons. The number of para-hydroxylation sites is 1. The standard InChI is InChI=1S/C22H17ClN4O3/c23-16-6-8-17(9-7-16)27-14-15(13-24-27)5-10-20-25-19-4-2-1-3-18(19)22(30)26(20)12-11-21(28)29/h1-10,13-14H,11-12H2,(H,28,29)/b10-5+. The molecule has 7 nitrogen and oxygen atoms in total. The van der Waals surface area contributed by atoms with E-state index < -0.39 is 5.97 Å². The van der Waals surface area contributed by atoms with Crippen molar-refractivity contribution in [3.63, 3.8) is 0 Å². The smallest absolute Gasteiger partial charge is 0.305 e. The van der Waals surface area contributed by atoms with E-state index in [0.717, 1.165) is 11.3 Å². The third-order valence-corrected chi connectivity index (χ3v) is 4.81. The number of fused-ring (bicyclic) bond motifs is 1. The van der Waals surface area contributed by atoms with E-state index in [0.29, 0.717) is 21.7 Å². The summed E-state index contributed by atoms with van der Waals surface area (Å²) in [7, 11) is 0. The minimum atomic E-state index is -0.978. The third-order valence-electron chi connectivity index (χ3n) is 4.56. The van der Waals surface area contributed by atoms with E-state index in [1.54, 1.807) is 59.4 Å². The number of aromatic nitrogens is 4. The number of hydrogen-bond donors (Lipinski definition) is 1. The molecular formula is C22H17ClN4O3. The van der Waals surface area contributed by atoms with Gasteiger partial charge >= 0.3 is 5.97 Å². The van der Waals surface area contributed by atoms with Crippen molar-refractivity contribution >= 4 is 40.6 Å². The number of carboxylic acids is 1. The van der Waals surface area contributed by atoms with Gasteiger partial charge in [-0.25, -0.2) is 9.67 Å². The van der Waals surface area contributed by atoms with E-state index in [4.69, 9.17) is 16.7 Å². The van der Waals surface area contributed by atoms with Gasteiger partial charge in [-0.2, -0.15) is 5.10 Å². The maximum atomic E-state index is 12.9. The van der Waals surface area contributed by atoms with Crippen molar-refractivity contribution in [3.8, 4) is 5.69 Å². The number of carbonyl (C=O) groups is 1. The number of hydrogen-bond acceptors (Lipinski definition) is 4. The number of nitrogens with zero attached hydrogens (tertiary/aromatic N) is 4. The predicted molar refractivity (Wildman–Crippen MR) is 116 cm³/mol. The molecule has 2 heterocycles. The molecule has 0 saturated heterocycles. The highest BCUT2D eigenvalue weighted by molar-refractivity contribution is 6.30. The van der Waals surface area contributed by atoms with Gasteiger partial charge in [-0.05, 0) is 48.6 Å². The van der Waals surface area contributed by atoms with Gasteiger partial charge in [-0.3, -0.25) is 14.2 Å². The quantitative estimate of drug-likeness (QED) is 0.511. The summed E-state index contributed by atoms with van der Waals surface area (Å²) in [4.78, 5) is 28.4. The lowest BCUT2D eigenvalue weighted by atomic mass is 10.2. The van der Waals surface area contributed by atoms with Crippen molar-refractivity contribution in [1.29, 1.82) is 0 Å². The number of halogens is 1. The number of benzene rings is 2. The predicted octanol–water partition coefficient (Wildman–Crippen LogP) is 3.88. The summed E-state index contributed by atoms with van der Waals surface area (Å²) in [5.41, 5.74) is 1.96. The first-order chi connectivity index (χ1) is 14.5. The first-order valence-corrected chi connectivity index (χ1v) is 9.59. The monoisotopic (exact) mass is 420 g/mol. The molecule has 0 saturated carbocycles. The summed E-state index contributed by atoms with van der Waals surface area (Å²) in [5, 5.41) is 14.5. The lowest BCUT2D eigenvalue weighted by molar-refractivity contribution is -0.137. The second-order valence-corrected chi connectivity index (χ2v) is 7.05. The van der Waals surface area contributed by atoms with Crippen LogP contribution in [-0.2, 0) is 11.3 Å². The van der Waals surface area contributed by atoms with Gasteiger partial charge in [0.1, 0.15) is 5.82 Å². The molecule has 0 fully saturated rings. The van der Waals surface area contributed by atoms with Crippen molar-refractivity contribution in [2.75, 3.05) is 0 Å². The van der Waals surface area contributed by atoms with Crippen LogP contribution in [0.1, 0.15) is 17.8 Å². The Morgan fingerprint density at radius 1 is 1.10 bits per heavy atom. The molecule has 30 heavy (non-hydrogen) atoms. The highest BCUT2D eigenvalue weighted by Crippen LogP contribution is 2.15. The largest absolute Gasteiger partial charge is 0.481 e. The fourth-order valence-corrected chi connectivity index (χ4v) is 3.19. The van der Waals surface area contributed by atoms with E-state index in [2.05, 4.69) is 10.1 Å². The maximum Gasteiger partial charge on any atom is 0.305 e. The van der Waals surface area contributed by atoms with Gasteiger partial charge < -0.3 is 5.11 Å². The summed E-state index contributed by atoms with van der Waals surface area (Å²) in [6, 6.07) is 14.3. The van der Waals surface area contributed by atoms with E-state index in [9.17, 15) is 9.59 Å². The first-order valence-electron chi connectivity index (χ1n) is 9.21. The van der Waals surface area contributed by atoms with E-state index in [1.165, 1.54) is 4.57 Å². The van der Waals surface area contributed by atoms with Gasteiger partial charge in [0, 0.05) is 23.3 Å². The maximum absolute atomic E-state index is 12.9. The Labute approximate surface area is 176 Å². The second-order valence-electron chi connectivity index (χ2n) is 6.62. The van der Waals surface area contributed by atoms with Crippen LogP contribution in [0.2, 0.25) is 5.02 Å². The van der Waals surface area contributed by atoms with Gasteiger partial charge in [0.05, 0.1) is 29.2 Å². The molecule has 0 atom stereocenters. The molecule has 0 bridgehead atoms. The van der Waals surface area contributed by atoms with E-state index in [1.807, 2.05) is 18.3 Å². The van der Waals surface area contributed by atoms with Crippen molar-refractivity contribution in [1.82, 2.24) is 19.3 Å². The zero-order valence-corrected chi connectivity index (χ0v) is 16.5. The Bertz CT molecular complexity index is 1310. The van der Waals surface area contributed by atoms with Crippen LogP contribution in [0.5, 0.6) is 0 Å². The van der Waals surface area contributed by atoms with Gasteiger partial charge in [0.2, 0.25) is 0 Å². The van der Waals surface area contributed by atoms with Crippen LogP contribution in [0.3, 0.4) is 0 Å². The summed E-state index contributed by atoms with van der Waals surface area (Å²) < 4.78 is 3.10. The zero-order chi connectivity index (χ0) is 21.1. The normalized spacial score (nSPS) is 11.4. The van der Waals surface area contributed by atoms with Crippen LogP contribution in [0.15, 0.2) is 65.7 Å². The molecule has 0 spiro atoms. The Balaban J connectivity index is 1.69. The van der Waals surface area contributed by atoms with Crippen molar-refractivity contribution in [2.24, 2.45) is 0 Å². The molecule has 4 rings (SSSR count). The molecule has 2 aromatic heterocycles. The molecule has 0 aliphatic carbocycles. The molecule has 0 aliphatic rings. The van der Waals surface area contributed by atoms with Crippen molar-refractivity contribution in [3.05, 3.63) is 87.7 Å². The number of aliphatic carboxylic acids is 1. The molecule has 4 aromatic rings. The average molecular weight is 421 g/mol. The zero-order valence-electron chi connectivity index (χ0n) is 15.8. The number of carboxylic acid groups (broad SMARTS) is 1. The summed E-state index contributed by atoms with van der Waals surface area (Å²) >= 11 is 5.92. The Morgan fingerprint density at radius 2 is 1.87 bits per heavy atom. The fourth-order valence-electron chi connectivity index (χ4n) is 3.06. The summed E-state index contributed by atoms with van der Waals surface area (Å²) in [6.45, 7) is 0.0374. The van der Waals surface area contributed by atoms with Gasteiger partial charge in [-0.1, -0.05) is 23.7 Å². The molecular weight excluding hydrogens is 404 g/mol. The van der Waals surface area contributed by atoms with Crippen LogP contribution < -0.4 is 5.56 Å². The highest BCUT2D eigenvalue weighted by atomic mass is 35.5. The Morgan fingerprint density at radius 3 is 2.63 bits per heavy atom. The SMILES string of the molecule is O=C(O)CCn1c(/C=C/c2cnn(-c3ccc(Cl)cc3)c2)nc2ccccc2c1=O. The van der Waals surface area contributed by atoms with Crippen molar-refractivity contribution in [2.45, 2.75) is 13.0 Å². The summed E-state index contributed by atoms with van der Waals surface area (Å²) in [5.74, 6) is -0.589.